The van der Waals surface area contributed by atoms with E-state index in [-0.39, 0.29) is 51.4 Å². The molecule has 0 aliphatic carbocycles. The first-order valence-electron chi connectivity index (χ1n) is 14.5. The van der Waals surface area contributed by atoms with Gasteiger partial charge in [-0.25, -0.2) is 18.0 Å². The molecular formula is C30H35Cl2F3N4O6S. The third-order valence-electron chi connectivity index (χ3n) is 7.74. The van der Waals surface area contributed by atoms with Crippen LogP contribution in [0, 0.1) is 0 Å². The number of rotatable bonds is 8. The lowest BCUT2D eigenvalue weighted by atomic mass is 10.0. The van der Waals surface area contributed by atoms with Crippen LogP contribution < -0.4 is 11.2 Å². The van der Waals surface area contributed by atoms with Crippen molar-refractivity contribution in [2.45, 2.75) is 76.3 Å². The lowest BCUT2D eigenvalue weighted by molar-refractivity contribution is -0.138. The van der Waals surface area contributed by atoms with Crippen molar-refractivity contribution in [3.63, 3.8) is 0 Å². The van der Waals surface area contributed by atoms with Crippen LogP contribution in [0.3, 0.4) is 0 Å². The molecule has 0 saturated carbocycles. The Bertz CT molecular complexity index is 1890. The SMILES string of the molecule is CCS(=O)(=O)c1ccc(Cl)cc1Cn1c(=O)[nH]c2c(Cl)c(CN3CCC[C@H]3CN(C)C(=O)OC(C)(C)C)c(C(F)(F)F)cc2c1=O. The number of hydrogen-bond acceptors (Lipinski definition) is 7. The highest BCUT2D eigenvalue weighted by molar-refractivity contribution is 7.91. The highest BCUT2D eigenvalue weighted by Crippen LogP contribution is 2.39. The summed E-state index contributed by atoms with van der Waals surface area (Å²) in [6.07, 6.45) is -4.20. The van der Waals surface area contributed by atoms with Gasteiger partial charge in [-0.1, -0.05) is 30.1 Å². The average Bonchev–Trinajstić information content (AvgIpc) is 3.37. The minimum absolute atomic E-state index is 0.0245. The second kappa shape index (κ2) is 13.2. The number of amides is 1. The van der Waals surface area contributed by atoms with Gasteiger partial charge < -0.3 is 14.6 Å². The molecule has 1 fully saturated rings. The molecule has 252 valence electrons. The van der Waals surface area contributed by atoms with Gasteiger partial charge in [-0.3, -0.25) is 14.3 Å². The van der Waals surface area contributed by atoms with Crippen LogP contribution >= 0.6 is 23.2 Å². The summed E-state index contributed by atoms with van der Waals surface area (Å²) in [4.78, 5) is 44.7. The number of nitrogens with one attached hydrogen (secondary N) is 1. The lowest BCUT2D eigenvalue weighted by Gasteiger charge is -2.31. The molecule has 1 atom stereocenters. The lowest BCUT2D eigenvalue weighted by Crippen LogP contribution is -2.43. The minimum Gasteiger partial charge on any atom is -0.444 e. The monoisotopic (exact) mass is 706 g/mol. The van der Waals surface area contributed by atoms with E-state index >= 15 is 0 Å². The van der Waals surface area contributed by atoms with E-state index < -0.39 is 61.5 Å². The number of aromatic amines is 1. The molecule has 2 heterocycles. The maximum atomic E-state index is 14.5. The first kappa shape index (κ1) is 35.8. The molecule has 46 heavy (non-hydrogen) atoms. The Balaban J connectivity index is 1.77. The first-order valence-corrected chi connectivity index (χ1v) is 16.9. The van der Waals surface area contributed by atoms with Crippen LogP contribution in [0.4, 0.5) is 18.0 Å². The van der Waals surface area contributed by atoms with Crippen LogP contribution in [0.1, 0.15) is 57.2 Å². The number of hydrogen-bond donors (Lipinski definition) is 1. The number of sulfone groups is 1. The fourth-order valence-electron chi connectivity index (χ4n) is 5.49. The van der Waals surface area contributed by atoms with Gasteiger partial charge in [0.2, 0.25) is 0 Å². The van der Waals surface area contributed by atoms with Gasteiger partial charge in [-0.15, -0.1) is 0 Å². The maximum Gasteiger partial charge on any atom is 0.416 e. The number of carbonyl (C=O) groups is 1. The molecule has 4 rings (SSSR count). The summed E-state index contributed by atoms with van der Waals surface area (Å²) >= 11 is 12.6. The summed E-state index contributed by atoms with van der Waals surface area (Å²) < 4.78 is 74.9. The molecule has 1 aromatic heterocycles. The van der Waals surface area contributed by atoms with E-state index in [1.165, 1.54) is 30.0 Å². The van der Waals surface area contributed by atoms with Gasteiger partial charge >= 0.3 is 18.0 Å². The quantitative estimate of drug-likeness (QED) is 0.320. The standard InChI is InChI=1S/C30H35Cl2F3N4O6S/c1-6-46(43,44)23-10-9-18(31)12-17(23)14-39-26(40)20-13-22(30(33,34)35)21(24(32)25(20)36-27(39)41)16-38-11-7-8-19(38)15-37(5)28(42)45-29(2,3)4/h9-10,12-13,19H,6-8,11,14-16H2,1-5H3,(H,36,41)/t19-/m0/s1. The van der Waals surface area contributed by atoms with Crippen molar-refractivity contribution in [3.8, 4) is 0 Å². The Kier molecular flexibility index (Phi) is 10.3. The number of H-pyrrole nitrogens is 1. The summed E-state index contributed by atoms with van der Waals surface area (Å²) in [5, 5.41) is -0.792. The van der Waals surface area contributed by atoms with Crippen LogP contribution in [0.2, 0.25) is 10.0 Å². The van der Waals surface area contributed by atoms with E-state index in [1.54, 1.807) is 32.7 Å². The number of alkyl halides is 3. The number of aromatic nitrogens is 2. The van der Waals surface area contributed by atoms with Crippen LogP contribution in [0.15, 0.2) is 38.8 Å². The van der Waals surface area contributed by atoms with Gasteiger partial charge in [0, 0.05) is 31.2 Å². The highest BCUT2D eigenvalue weighted by Gasteiger charge is 2.38. The van der Waals surface area contributed by atoms with Crippen molar-refractivity contribution in [2.24, 2.45) is 0 Å². The summed E-state index contributed by atoms with van der Waals surface area (Å²) in [5.74, 6) is -0.271. The number of benzene rings is 2. The zero-order valence-corrected chi connectivity index (χ0v) is 28.3. The third-order valence-corrected chi connectivity index (χ3v) is 10.2. The van der Waals surface area contributed by atoms with E-state index in [1.807, 2.05) is 0 Å². The smallest absolute Gasteiger partial charge is 0.416 e. The molecule has 16 heteroatoms. The average molecular weight is 708 g/mol. The van der Waals surface area contributed by atoms with Crippen molar-refractivity contribution < 1.29 is 31.1 Å². The zero-order chi connectivity index (χ0) is 34.4. The molecule has 2 aromatic carbocycles. The maximum absolute atomic E-state index is 14.5. The van der Waals surface area contributed by atoms with Crippen LogP contribution in [0.25, 0.3) is 10.9 Å². The Morgan fingerprint density at radius 1 is 1.13 bits per heavy atom. The topological polar surface area (TPSA) is 122 Å². The summed E-state index contributed by atoms with van der Waals surface area (Å²) in [7, 11) is -2.25. The summed E-state index contributed by atoms with van der Waals surface area (Å²) in [6, 6.07) is 4.23. The fourth-order valence-corrected chi connectivity index (χ4v) is 7.10. The van der Waals surface area contributed by atoms with E-state index in [4.69, 9.17) is 27.9 Å². The Morgan fingerprint density at radius 2 is 1.80 bits per heavy atom. The molecule has 1 aliphatic rings. The molecule has 3 aromatic rings. The predicted molar refractivity (Wildman–Crippen MR) is 169 cm³/mol. The molecule has 0 spiro atoms. The minimum atomic E-state index is -4.92. The van der Waals surface area contributed by atoms with Gasteiger partial charge in [-0.2, -0.15) is 13.2 Å². The van der Waals surface area contributed by atoms with Crippen LogP contribution in [-0.2, 0) is 33.8 Å². The van der Waals surface area contributed by atoms with Crippen molar-refractivity contribution >= 4 is 50.0 Å². The number of halogens is 5. The zero-order valence-electron chi connectivity index (χ0n) is 25.9. The first-order chi connectivity index (χ1) is 21.2. The molecule has 0 bridgehead atoms. The Hall–Kier alpha value is -3.07. The Morgan fingerprint density at radius 3 is 2.41 bits per heavy atom. The number of likely N-dealkylation sites (tertiary alicyclic amines) is 1. The van der Waals surface area contributed by atoms with E-state index in [2.05, 4.69) is 4.98 Å². The molecule has 1 N–H and O–H groups in total. The second-order valence-corrected chi connectivity index (χ2v) is 15.3. The number of fused-ring (bicyclic) bond motifs is 1. The summed E-state index contributed by atoms with van der Waals surface area (Å²) in [5.41, 5.74) is -4.53. The van der Waals surface area contributed by atoms with Crippen molar-refractivity contribution in [1.82, 2.24) is 19.4 Å². The molecule has 1 aliphatic heterocycles. The van der Waals surface area contributed by atoms with Crippen molar-refractivity contribution in [3.05, 3.63) is 71.8 Å². The van der Waals surface area contributed by atoms with Crippen LogP contribution in [-0.4, -0.2) is 71.4 Å². The van der Waals surface area contributed by atoms with Gasteiger partial charge in [0.05, 0.1) is 38.7 Å². The van der Waals surface area contributed by atoms with Crippen molar-refractivity contribution in [1.29, 1.82) is 0 Å². The van der Waals surface area contributed by atoms with Crippen molar-refractivity contribution in [2.75, 3.05) is 25.9 Å². The van der Waals surface area contributed by atoms with Gasteiger partial charge in [0.25, 0.3) is 5.56 Å². The van der Waals surface area contributed by atoms with Gasteiger partial charge in [0.1, 0.15) is 5.60 Å². The number of ether oxygens (including phenoxy) is 1. The van der Waals surface area contributed by atoms with E-state index in [0.29, 0.717) is 30.0 Å². The van der Waals surface area contributed by atoms with E-state index in [0.717, 1.165) is 0 Å². The number of carbonyl (C=O) groups excluding carboxylic acids is 1. The highest BCUT2D eigenvalue weighted by atomic mass is 35.5. The molecule has 10 nitrogen and oxygen atoms in total. The third kappa shape index (κ3) is 7.72. The molecule has 0 radical (unpaired) electrons. The Labute approximate surface area is 273 Å². The largest absolute Gasteiger partial charge is 0.444 e. The predicted octanol–water partition coefficient (Wildman–Crippen LogP) is 5.69. The second-order valence-electron chi connectivity index (χ2n) is 12.2. The molecule has 1 saturated heterocycles. The molecular weight excluding hydrogens is 672 g/mol. The number of nitrogens with zero attached hydrogens (tertiary/aromatic N) is 3. The molecule has 1 amide bonds. The molecule has 0 unspecified atom stereocenters. The number of likely N-dealkylation sites (N-methyl/N-ethyl adjacent to an activating group) is 1. The van der Waals surface area contributed by atoms with E-state index in [9.17, 15) is 36.0 Å². The van der Waals surface area contributed by atoms with Gasteiger partial charge in [-0.05, 0) is 75.5 Å². The van der Waals surface area contributed by atoms with Gasteiger partial charge in [0.15, 0.2) is 9.84 Å². The fraction of sp³-hybridized carbons (Fsp3) is 0.500. The van der Waals surface area contributed by atoms with Crippen LogP contribution in [0.5, 0.6) is 0 Å². The normalized spacial score (nSPS) is 16.3. The summed E-state index contributed by atoms with van der Waals surface area (Å²) in [6.45, 7) is 6.40.